The molecule has 2 aromatic rings. The zero-order valence-electron chi connectivity index (χ0n) is 10.5. The van der Waals surface area contributed by atoms with Crippen LogP contribution in [0.4, 0.5) is 15.8 Å². The maximum Gasteiger partial charge on any atom is 0.270 e. The lowest BCUT2D eigenvalue weighted by Gasteiger charge is -2.07. The number of nitrogens with zero attached hydrogens (tertiary/aromatic N) is 2. The molecule has 0 aliphatic heterocycles. The van der Waals surface area contributed by atoms with E-state index in [2.05, 4.69) is 5.32 Å². The van der Waals surface area contributed by atoms with E-state index < -0.39 is 16.6 Å². The van der Waals surface area contributed by atoms with E-state index in [0.717, 1.165) is 18.2 Å². The molecule has 0 aliphatic rings. The van der Waals surface area contributed by atoms with Gasteiger partial charge in [0.25, 0.3) is 11.6 Å². The van der Waals surface area contributed by atoms with Crippen LogP contribution in [-0.4, -0.2) is 10.8 Å². The molecule has 0 aliphatic carbocycles. The summed E-state index contributed by atoms with van der Waals surface area (Å²) in [5.74, 6) is -1.22. The summed E-state index contributed by atoms with van der Waals surface area (Å²) in [6, 6.07) is 10.3. The Balaban J connectivity index is 2.28. The topological polar surface area (TPSA) is 96.0 Å². The molecule has 7 heteroatoms. The molecular formula is C14H8FN3O3. The lowest BCUT2D eigenvalue weighted by Crippen LogP contribution is -2.13. The normalized spacial score (nSPS) is 9.71. The summed E-state index contributed by atoms with van der Waals surface area (Å²) in [5.41, 5.74) is -0.0520. The fourth-order valence-electron chi connectivity index (χ4n) is 1.67. The first-order valence-electron chi connectivity index (χ1n) is 5.76. The maximum absolute atomic E-state index is 13.0. The number of rotatable bonds is 3. The monoisotopic (exact) mass is 285 g/mol. The summed E-state index contributed by atoms with van der Waals surface area (Å²) < 4.78 is 13.0. The van der Waals surface area contributed by atoms with Gasteiger partial charge in [0.2, 0.25) is 0 Å². The highest BCUT2D eigenvalue weighted by molar-refractivity contribution is 6.05. The van der Waals surface area contributed by atoms with Crippen molar-refractivity contribution in [2.75, 3.05) is 5.32 Å². The fraction of sp³-hybridized carbons (Fsp3) is 0. The van der Waals surface area contributed by atoms with E-state index in [9.17, 15) is 19.3 Å². The van der Waals surface area contributed by atoms with Crippen LogP contribution in [0.2, 0.25) is 0 Å². The van der Waals surface area contributed by atoms with Crippen molar-refractivity contribution in [1.82, 2.24) is 0 Å². The van der Waals surface area contributed by atoms with Crippen LogP contribution in [0, 0.1) is 27.3 Å². The minimum Gasteiger partial charge on any atom is -0.321 e. The van der Waals surface area contributed by atoms with Crippen LogP contribution in [0.15, 0.2) is 42.5 Å². The quantitative estimate of drug-likeness (QED) is 0.692. The van der Waals surface area contributed by atoms with Gasteiger partial charge in [-0.2, -0.15) is 5.26 Å². The van der Waals surface area contributed by atoms with Gasteiger partial charge in [0, 0.05) is 17.7 Å². The van der Waals surface area contributed by atoms with Gasteiger partial charge in [0.15, 0.2) is 0 Å². The van der Waals surface area contributed by atoms with Crippen LogP contribution < -0.4 is 5.32 Å². The number of nitro groups is 1. The summed E-state index contributed by atoms with van der Waals surface area (Å²) in [5, 5.41) is 22.0. The van der Waals surface area contributed by atoms with Crippen LogP contribution in [0.25, 0.3) is 0 Å². The number of benzene rings is 2. The second kappa shape index (κ2) is 5.79. The summed E-state index contributed by atoms with van der Waals surface area (Å²) in [6.07, 6.45) is 0. The largest absolute Gasteiger partial charge is 0.321 e. The molecule has 0 aromatic heterocycles. The molecule has 0 saturated carbocycles. The molecule has 0 heterocycles. The van der Waals surface area contributed by atoms with E-state index in [1.807, 2.05) is 0 Å². The van der Waals surface area contributed by atoms with E-state index in [1.165, 1.54) is 24.3 Å². The fourth-order valence-corrected chi connectivity index (χ4v) is 1.67. The van der Waals surface area contributed by atoms with Gasteiger partial charge in [-0.15, -0.1) is 0 Å². The zero-order valence-corrected chi connectivity index (χ0v) is 10.5. The first-order valence-corrected chi connectivity index (χ1v) is 5.76. The van der Waals surface area contributed by atoms with Gasteiger partial charge in [-0.25, -0.2) is 4.39 Å². The summed E-state index contributed by atoms with van der Waals surface area (Å²) in [4.78, 5) is 22.1. The molecule has 0 bridgehead atoms. The standard InChI is InChI=1S/C14H8FN3O3/c15-11-4-5-13(10(6-11)8-16)17-14(19)9-2-1-3-12(7-9)18(20)21/h1-7H,(H,17,19). The molecule has 1 amide bonds. The Hall–Kier alpha value is -3.27. The first kappa shape index (κ1) is 14.1. The van der Waals surface area contributed by atoms with Crippen molar-refractivity contribution in [3.8, 4) is 6.07 Å². The smallest absolute Gasteiger partial charge is 0.270 e. The zero-order chi connectivity index (χ0) is 15.4. The van der Waals surface area contributed by atoms with E-state index >= 15 is 0 Å². The number of non-ortho nitro benzene ring substituents is 1. The number of anilines is 1. The highest BCUT2D eigenvalue weighted by Crippen LogP contribution is 2.18. The Bertz CT molecular complexity index is 768. The van der Waals surface area contributed by atoms with Crippen molar-refractivity contribution >= 4 is 17.3 Å². The molecule has 0 radical (unpaired) electrons. The second-order valence-electron chi connectivity index (χ2n) is 4.06. The molecule has 21 heavy (non-hydrogen) atoms. The minimum atomic E-state index is -0.623. The number of nitrogens with one attached hydrogen (secondary N) is 1. The van der Waals surface area contributed by atoms with E-state index in [0.29, 0.717) is 0 Å². The average Bonchev–Trinajstić information content (AvgIpc) is 2.49. The predicted molar refractivity (Wildman–Crippen MR) is 72.2 cm³/mol. The molecule has 0 spiro atoms. The molecule has 0 fully saturated rings. The van der Waals surface area contributed by atoms with E-state index in [-0.39, 0.29) is 22.5 Å². The van der Waals surface area contributed by atoms with Crippen LogP contribution in [-0.2, 0) is 0 Å². The van der Waals surface area contributed by atoms with Crippen molar-refractivity contribution in [2.45, 2.75) is 0 Å². The number of nitro benzene ring substituents is 1. The molecule has 0 saturated heterocycles. The van der Waals surface area contributed by atoms with Crippen molar-refractivity contribution in [1.29, 1.82) is 5.26 Å². The van der Waals surface area contributed by atoms with Gasteiger partial charge in [0.1, 0.15) is 11.9 Å². The molecule has 104 valence electrons. The van der Waals surface area contributed by atoms with E-state index in [1.54, 1.807) is 6.07 Å². The maximum atomic E-state index is 13.0. The van der Waals surface area contributed by atoms with Gasteiger partial charge in [-0.1, -0.05) is 6.07 Å². The third kappa shape index (κ3) is 3.19. The third-order valence-corrected chi connectivity index (χ3v) is 2.67. The molecule has 0 unspecified atom stereocenters. The van der Waals surface area contributed by atoms with Crippen LogP contribution >= 0.6 is 0 Å². The molecule has 2 aromatic carbocycles. The average molecular weight is 285 g/mol. The highest BCUT2D eigenvalue weighted by atomic mass is 19.1. The van der Waals surface area contributed by atoms with Gasteiger partial charge in [0.05, 0.1) is 16.2 Å². The second-order valence-corrected chi connectivity index (χ2v) is 4.06. The summed E-state index contributed by atoms with van der Waals surface area (Å²) >= 11 is 0. The van der Waals surface area contributed by atoms with Crippen molar-refractivity contribution in [3.63, 3.8) is 0 Å². The SMILES string of the molecule is N#Cc1cc(F)ccc1NC(=O)c1cccc([N+](=O)[O-])c1. The number of amides is 1. The third-order valence-electron chi connectivity index (χ3n) is 2.67. The van der Waals surface area contributed by atoms with Crippen LogP contribution in [0.3, 0.4) is 0 Å². The van der Waals surface area contributed by atoms with Crippen molar-refractivity contribution < 1.29 is 14.1 Å². The van der Waals surface area contributed by atoms with Gasteiger partial charge < -0.3 is 5.32 Å². The van der Waals surface area contributed by atoms with Gasteiger partial charge >= 0.3 is 0 Å². The number of hydrogen-bond donors (Lipinski definition) is 1. The Morgan fingerprint density at radius 2 is 2.05 bits per heavy atom. The van der Waals surface area contributed by atoms with Crippen LogP contribution in [0.1, 0.15) is 15.9 Å². The minimum absolute atomic E-state index is 0.0335. The molecule has 1 N–H and O–H groups in total. The molecule has 0 atom stereocenters. The molecule has 6 nitrogen and oxygen atoms in total. The number of hydrogen-bond acceptors (Lipinski definition) is 4. The highest BCUT2D eigenvalue weighted by Gasteiger charge is 2.13. The number of carbonyl (C=O) groups is 1. The van der Waals surface area contributed by atoms with Gasteiger partial charge in [-0.3, -0.25) is 14.9 Å². The van der Waals surface area contributed by atoms with Crippen molar-refractivity contribution in [2.24, 2.45) is 0 Å². The predicted octanol–water partition coefficient (Wildman–Crippen LogP) is 2.86. The Morgan fingerprint density at radius 1 is 1.29 bits per heavy atom. The molecular weight excluding hydrogens is 277 g/mol. The lowest BCUT2D eigenvalue weighted by atomic mass is 10.1. The summed E-state index contributed by atoms with van der Waals surface area (Å²) in [7, 11) is 0. The summed E-state index contributed by atoms with van der Waals surface area (Å²) in [6.45, 7) is 0. The Kier molecular flexibility index (Phi) is 3.90. The molecule has 2 rings (SSSR count). The van der Waals surface area contributed by atoms with Gasteiger partial charge in [-0.05, 0) is 24.3 Å². The number of nitriles is 1. The number of halogens is 1. The lowest BCUT2D eigenvalue weighted by molar-refractivity contribution is -0.384. The van der Waals surface area contributed by atoms with Crippen molar-refractivity contribution in [3.05, 3.63) is 69.5 Å². The van der Waals surface area contributed by atoms with E-state index in [4.69, 9.17) is 5.26 Å². The number of carbonyl (C=O) groups excluding carboxylic acids is 1. The Morgan fingerprint density at radius 3 is 2.71 bits per heavy atom. The van der Waals surface area contributed by atoms with Crippen LogP contribution in [0.5, 0.6) is 0 Å². The Labute approximate surface area is 118 Å². The first-order chi connectivity index (χ1) is 10.0.